The van der Waals surface area contributed by atoms with Gasteiger partial charge in [-0.25, -0.2) is 0 Å². The molecular formula is C17H17ClO6. The lowest BCUT2D eigenvalue weighted by Crippen LogP contribution is -2.54. The molecule has 2 atom stereocenters. The maximum Gasteiger partial charge on any atom is 0.236 e. The smallest absolute Gasteiger partial charge is 0.236 e. The topological polar surface area (TPSA) is 71.1 Å². The van der Waals surface area contributed by atoms with Gasteiger partial charge in [0.1, 0.15) is 22.1 Å². The van der Waals surface area contributed by atoms with Crippen LogP contribution in [0.15, 0.2) is 17.9 Å². The van der Waals surface area contributed by atoms with Crippen molar-refractivity contribution in [2.45, 2.75) is 18.9 Å². The van der Waals surface area contributed by atoms with Gasteiger partial charge in [-0.1, -0.05) is 18.5 Å². The Hall–Kier alpha value is -2.21. The standard InChI is InChI=1S/C17H17ClO6/c1-8-5-9(21-2)6-12(19)17(8)16(20)13-10(22-3)7-11(23-4)14(18)15(13)24-17/h6-8H,5H2,1-4H3/t8-,17-/m0/s1. The number of benzene rings is 1. The van der Waals surface area contributed by atoms with Gasteiger partial charge in [-0.15, -0.1) is 0 Å². The van der Waals surface area contributed by atoms with Gasteiger partial charge in [-0.2, -0.15) is 0 Å². The van der Waals surface area contributed by atoms with Gasteiger partial charge in [0.2, 0.25) is 17.2 Å². The molecule has 0 unspecified atom stereocenters. The van der Waals surface area contributed by atoms with Crippen LogP contribution in [0.2, 0.25) is 5.02 Å². The summed E-state index contributed by atoms with van der Waals surface area (Å²) in [5, 5.41) is 0.139. The molecule has 3 rings (SSSR count). The first-order valence-electron chi connectivity index (χ1n) is 7.38. The lowest BCUT2D eigenvalue weighted by atomic mass is 9.75. The van der Waals surface area contributed by atoms with Gasteiger partial charge in [0.25, 0.3) is 0 Å². The highest BCUT2D eigenvalue weighted by atomic mass is 35.5. The molecule has 0 radical (unpaired) electrons. The van der Waals surface area contributed by atoms with E-state index in [0.29, 0.717) is 17.9 Å². The number of carbonyl (C=O) groups excluding carboxylic acids is 2. The maximum atomic E-state index is 13.1. The molecule has 1 aromatic carbocycles. The molecule has 1 aliphatic heterocycles. The van der Waals surface area contributed by atoms with E-state index in [-0.39, 0.29) is 22.1 Å². The van der Waals surface area contributed by atoms with Crippen LogP contribution in [0, 0.1) is 5.92 Å². The fraction of sp³-hybridized carbons (Fsp3) is 0.412. The quantitative estimate of drug-likeness (QED) is 0.779. The monoisotopic (exact) mass is 352 g/mol. The lowest BCUT2D eigenvalue weighted by Gasteiger charge is -2.34. The molecule has 0 N–H and O–H groups in total. The summed E-state index contributed by atoms with van der Waals surface area (Å²) >= 11 is 6.29. The fourth-order valence-electron chi connectivity index (χ4n) is 3.23. The summed E-state index contributed by atoms with van der Waals surface area (Å²) in [4.78, 5) is 25.9. The van der Waals surface area contributed by atoms with Crippen molar-refractivity contribution in [3.63, 3.8) is 0 Å². The summed E-state index contributed by atoms with van der Waals surface area (Å²) in [6.07, 6.45) is 1.71. The van der Waals surface area contributed by atoms with Gasteiger partial charge < -0.3 is 18.9 Å². The SMILES string of the molecule is COC1=CC(=O)[C@@]2(Oc3c(Cl)c(OC)cc(OC)c3C2=O)[C@@H](C)C1. The average molecular weight is 353 g/mol. The lowest BCUT2D eigenvalue weighted by molar-refractivity contribution is -0.129. The van der Waals surface area contributed by atoms with Crippen molar-refractivity contribution in [3.05, 3.63) is 28.5 Å². The zero-order valence-electron chi connectivity index (χ0n) is 13.8. The molecule has 2 aliphatic rings. The number of hydrogen-bond donors (Lipinski definition) is 0. The summed E-state index contributed by atoms with van der Waals surface area (Å²) in [5.74, 6) is -0.139. The third-order valence-electron chi connectivity index (χ3n) is 4.54. The Morgan fingerprint density at radius 2 is 1.83 bits per heavy atom. The number of ketones is 2. The van der Waals surface area contributed by atoms with Crippen LogP contribution in [0.4, 0.5) is 0 Å². The molecular weight excluding hydrogens is 336 g/mol. The van der Waals surface area contributed by atoms with Crippen LogP contribution < -0.4 is 14.2 Å². The maximum absolute atomic E-state index is 13.1. The highest BCUT2D eigenvalue weighted by Gasteiger charge is 2.60. The molecule has 128 valence electrons. The minimum Gasteiger partial charge on any atom is -0.501 e. The molecule has 7 heteroatoms. The van der Waals surface area contributed by atoms with Crippen LogP contribution in [0.1, 0.15) is 23.7 Å². The molecule has 1 aromatic rings. The van der Waals surface area contributed by atoms with Crippen molar-refractivity contribution in [2.75, 3.05) is 21.3 Å². The number of hydrogen-bond acceptors (Lipinski definition) is 6. The first-order chi connectivity index (χ1) is 11.4. The zero-order valence-corrected chi connectivity index (χ0v) is 14.5. The van der Waals surface area contributed by atoms with Crippen molar-refractivity contribution in [2.24, 2.45) is 5.92 Å². The van der Waals surface area contributed by atoms with E-state index >= 15 is 0 Å². The molecule has 0 amide bonds. The van der Waals surface area contributed by atoms with E-state index in [0.717, 1.165) is 0 Å². The Balaban J connectivity index is 2.20. The van der Waals surface area contributed by atoms with Gasteiger partial charge in [-0.05, 0) is 0 Å². The summed E-state index contributed by atoms with van der Waals surface area (Å²) in [6, 6.07) is 1.51. The van der Waals surface area contributed by atoms with Crippen LogP contribution in [0.3, 0.4) is 0 Å². The van der Waals surface area contributed by atoms with E-state index in [1.54, 1.807) is 6.92 Å². The molecule has 1 spiro atoms. The number of ether oxygens (including phenoxy) is 4. The second kappa shape index (κ2) is 5.70. The van der Waals surface area contributed by atoms with E-state index in [2.05, 4.69) is 0 Å². The van der Waals surface area contributed by atoms with Crippen LogP contribution >= 0.6 is 11.6 Å². The number of carbonyl (C=O) groups is 2. The van der Waals surface area contributed by atoms with E-state index in [4.69, 9.17) is 30.5 Å². The zero-order chi connectivity index (χ0) is 17.6. The molecule has 0 bridgehead atoms. The van der Waals surface area contributed by atoms with Gasteiger partial charge in [0.05, 0.1) is 27.1 Å². The van der Waals surface area contributed by atoms with Crippen LogP contribution in [0.5, 0.6) is 17.2 Å². The third-order valence-corrected chi connectivity index (χ3v) is 4.90. The number of methoxy groups -OCH3 is 3. The highest BCUT2D eigenvalue weighted by molar-refractivity contribution is 6.36. The van der Waals surface area contributed by atoms with Gasteiger partial charge in [0.15, 0.2) is 5.75 Å². The fourth-order valence-corrected chi connectivity index (χ4v) is 3.50. The number of allylic oxidation sites excluding steroid dienone is 1. The van der Waals surface area contributed by atoms with Gasteiger partial charge >= 0.3 is 0 Å². The molecule has 1 heterocycles. The van der Waals surface area contributed by atoms with Crippen LogP contribution in [-0.2, 0) is 9.53 Å². The van der Waals surface area contributed by atoms with Gasteiger partial charge in [0, 0.05) is 24.5 Å². The summed E-state index contributed by atoms with van der Waals surface area (Å²) in [7, 11) is 4.36. The summed E-state index contributed by atoms with van der Waals surface area (Å²) < 4.78 is 21.5. The highest BCUT2D eigenvalue weighted by Crippen LogP contribution is 2.52. The minimum absolute atomic E-state index is 0.118. The summed E-state index contributed by atoms with van der Waals surface area (Å²) in [5.41, 5.74) is -1.48. The van der Waals surface area contributed by atoms with E-state index in [1.165, 1.54) is 33.5 Å². The molecule has 6 nitrogen and oxygen atoms in total. The molecule has 1 aliphatic carbocycles. The van der Waals surface area contributed by atoms with Crippen molar-refractivity contribution in [1.82, 2.24) is 0 Å². The largest absolute Gasteiger partial charge is 0.501 e. The Morgan fingerprint density at radius 3 is 2.38 bits per heavy atom. The Bertz CT molecular complexity index is 769. The number of Topliss-reactive ketones (excluding diaryl/α,β-unsaturated/α-hetero) is 1. The minimum atomic E-state index is -1.65. The average Bonchev–Trinajstić information content (AvgIpc) is 2.88. The van der Waals surface area contributed by atoms with Gasteiger partial charge in [-0.3, -0.25) is 9.59 Å². The molecule has 0 fully saturated rings. The molecule has 24 heavy (non-hydrogen) atoms. The molecule has 0 aromatic heterocycles. The van der Waals surface area contributed by atoms with Crippen LogP contribution in [-0.4, -0.2) is 38.5 Å². The van der Waals surface area contributed by atoms with Crippen molar-refractivity contribution in [1.29, 1.82) is 0 Å². The van der Waals surface area contributed by atoms with Crippen molar-refractivity contribution >= 4 is 23.2 Å². The van der Waals surface area contributed by atoms with E-state index < -0.39 is 23.1 Å². The van der Waals surface area contributed by atoms with Crippen molar-refractivity contribution < 1.29 is 28.5 Å². The number of rotatable bonds is 3. The predicted octanol–water partition coefficient (Wildman–Crippen LogP) is 2.81. The molecule has 0 saturated carbocycles. The number of halogens is 1. The third kappa shape index (κ3) is 2.02. The molecule has 0 saturated heterocycles. The van der Waals surface area contributed by atoms with Crippen LogP contribution in [0.25, 0.3) is 0 Å². The first-order valence-corrected chi connectivity index (χ1v) is 7.75. The van der Waals surface area contributed by atoms with E-state index in [1.807, 2.05) is 0 Å². The Labute approximate surface area is 144 Å². The Kier molecular flexibility index (Phi) is 3.95. The predicted molar refractivity (Wildman–Crippen MR) is 86.1 cm³/mol. The second-order valence-corrected chi connectivity index (χ2v) is 6.13. The van der Waals surface area contributed by atoms with E-state index in [9.17, 15) is 9.59 Å². The normalized spacial score (nSPS) is 25.2. The second-order valence-electron chi connectivity index (χ2n) is 5.75. The Morgan fingerprint density at radius 1 is 1.17 bits per heavy atom. The first kappa shape index (κ1) is 16.6. The van der Waals surface area contributed by atoms with Crippen molar-refractivity contribution in [3.8, 4) is 17.2 Å². The summed E-state index contributed by atoms with van der Waals surface area (Å²) in [6.45, 7) is 1.77. The number of fused-ring (bicyclic) bond motifs is 1.